The Morgan fingerprint density at radius 1 is 1.36 bits per heavy atom. The van der Waals surface area contributed by atoms with E-state index < -0.39 is 0 Å². The number of rotatable bonds is 1. The van der Waals surface area contributed by atoms with E-state index in [1.807, 2.05) is 0 Å². The molecule has 3 atom stereocenters. The van der Waals surface area contributed by atoms with Crippen molar-refractivity contribution in [3.05, 3.63) is 0 Å². The van der Waals surface area contributed by atoms with Gasteiger partial charge in [-0.1, -0.05) is 41.5 Å². The molecule has 1 saturated carbocycles. The Kier molecular flexibility index (Phi) is 1.85. The van der Waals surface area contributed by atoms with Crippen LogP contribution in [-0.2, 0) is 0 Å². The van der Waals surface area contributed by atoms with Crippen LogP contribution in [0.5, 0.6) is 0 Å². The van der Waals surface area contributed by atoms with Crippen LogP contribution in [0.1, 0.15) is 48.0 Å². The lowest BCUT2D eigenvalue weighted by atomic mass is 9.72. The molecule has 0 saturated heterocycles. The van der Waals surface area contributed by atoms with Crippen LogP contribution in [0.4, 0.5) is 0 Å². The maximum Gasteiger partial charge on any atom is -0.0267 e. The fourth-order valence-corrected chi connectivity index (χ4v) is 2.19. The standard InChI is InChI=1S/C11H22/c1-8-7-11(8,6)9(2)10(3,4)5/h8-9H,7H2,1-6H3. The van der Waals surface area contributed by atoms with Gasteiger partial charge in [0.25, 0.3) is 0 Å². The maximum absolute atomic E-state index is 2.44. The Hall–Kier alpha value is 0. The zero-order valence-corrected chi connectivity index (χ0v) is 8.86. The predicted octanol–water partition coefficient (Wildman–Crippen LogP) is 3.71. The number of hydrogen-bond acceptors (Lipinski definition) is 0. The third-order valence-electron chi connectivity index (χ3n) is 4.00. The highest BCUT2D eigenvalue weighted by atomic mass is 14.6. The fourth-order valence-electron chi connectivity index (χ4n) is 2.19. The lowest BCUT2D eigenvalue weighted by Crippen LogP contribution is -2.25. The summed E-state index contributed by atoms with van der Waals surface area (Å²) in [6, 6.07) is 0. The van der Waals surface area contributed by atoms with Crippen molar-refractivity contribution >= 4 is 0 Å². The van der Waals surface area contributed by atoms with E-state index >= 15 is 0 Å². The van der Waals surface area contributed by atoms with Crippen LogP contribution in [0.2, 0.25) is 0 Å². The topological polar surface area (TPSA) is 0 Å². The maximum atomic E-state index is 2.44. The zero-order chi connectivity index (χ0) is 8.86. The normalized spacial score (nSPS) is 40.4. The van der Waals surface area contributed by atoms with Gasteiger partial charge in [0.15, 0.2) is 0 Å². The van der Waals surface area contributed by atoms with Crippen molar-refractivity contribution < 1.29 is 0 Å². The molecule has 0 radical (unpaired) electrons. The molecule has 0 amide bonds. The molecule has 0 heteroatoms. The highest BCUT2D eigenvalue weighted by molar-refractivity contribution is 5.02. The molecular formula is C11H22. The van der Waals surface area contributed by atoms with Gasteiger partial charge in [-0.15, -0.1) is 0 Å². The largest absolute Gasteiger partial charge is 0.0620 e. The molecule has 1 aliphatic carbocycles. The van der Waals surface area contributed by atoms with Gasteiger partial charge in [0.1, 0.15) is 0 Å². The quantitative estimate of drug-likeness (QED) is 0.540. The molecule has 0 N–H and O–H groups in total. The molecular weight excluding hydrogens is 132 g/mol. The SMILES string of the molecule is CC1CC1(C)C(C)C(C)(C)C. The highest BCUT2D eigenvalue weighted by Gasteiger charge is 2.53. The van der Waals surface area contributed by atoms with E-state index in [2.05, 4.69) is 41.5 Å². The Morgan fingerprint density at radius 2 is 1.73 bits per heavy atom. The molecule has 66 valence electrons. The monoisotopic (exact) mass is 154 g/mol. The lowest BCUT2D eigenvalue weighted by molar-refractivity contribution is 0.161. The van der Waals surface area contributed by atoms with Gasteiger partial charge in [0.05, 0.1) is 0 Å². The van der Waals surface area contributed by atoms with Crippen LogP contribution in [-0.4, -0.2) is 0 Å². The molecule has 3 unspecified atom stereocenters. The van der Waals surface area contributed by atoms with Gasteiger partial charge in [0.2, 0.25) is 0 Å². The second-order valence-corrected chi connectivity index (χ2v) is 5.70. The van der Waals surface area contributed by atoms with Gasteiger partial charge in [-0.3, -0.25) is 0 Å². The van der Waals surface area contributed by atoms with E-state index in [0.29, 0.717) is 10.8 Å². The molecule has 1 fully saturated rings. The Bertz CT molecular complexity index is 152. The van der Waals surface area contributed by atoms with Crippen molar-refractivity contribution in [3.63, 3.8) is 0 Å². The Labute approximate surface area is 71.4 Å². The highest BCUT2D eigenvalue weighted by Crippen LogP contribution is 2.61. The summed E-state index contributed by atoms with van der Waals surface area (Å²) in [5, 5.41) is 0. The summed E-state index contributed by atoms with van der Waals surface area (Å²) in [6.07, 6.45) is 1.44. The van der Waals surface area contributed by atoms with E-state index in [4.69, 9.17) is 0 Å². The molecule has 0 aromatic rings. The van der Waals surface area contributed by atoms with Crippen molar-refractivity contribution in [2.45, 2.75) is 48.0 Å². The van der Waals surface area contributed by atoms with Crippen molar-refractivity contribution in [2.24, 2.45) is 22.7 Å². The molecule has 0 spiro atoms. The third kappa shape index (κ3) is 1.45. The van der Waals surface area contributed by atoms with E-state index in [-0.39, 0.29) is 0 Å². The van der Waals surface area contributed by atoms with Crippen molar-refractivity contribution in [1.82, 2.24) is 0 Å². The van der Waals surface area contributed by atoms with Gasteiger partial charge < -0.3 is 0 Å². The summed E-state index contributed by atoms with van der Waals surface area (Å²) in [4.78, 5) is 0. The number of hydrogen-bond donors (Lipinski definition) is 0. The summed E-state index contributed by atoms with van der Waals surface area (Å²) in [5.74, 6) is 1.81. The van der Waals surface area contributed by atoms with E-state index in [1.54, 1.807) is 0 Å². The zero-order valence-electron chi connectivity index (χ0n) is 8.86. The molecule has 0 aliphatic heterocycles. The van der Waals surface area contributed by atoms with Gasteiger partial charge in [0, 0.05) is 0 Å². The first-order valence-corrected chi connectivity index (χ1v) is 4.78. The van der Waals surface area contributed by atoms with Gasteiger partial charge in [-0.2, -0.15) is 0 Å². The minimum atomic E-state index is 0.486. The summed E-state index contributed by atoms with van der Waals surface area (Å²) < 4.78 is 0. The molecule has 1 aliphatic rings. The van der Waals surface area contributed by atoms with Crippen molar-refractivity contribution in [1.29, 1.82) is 0 Å². The minimum Gasteiger partial charge on any atom is -0.0620 e. The first-order chi connectivity index (χ1) is 4.78. The Morgan fingerprint density at radius 3 is 1.82 bits per heavy atom. The summed E-state index contributed by atoms with van der Waals surface area (Å²) in [6.45, 7) is 14.3. The van der Waals surface area contributed by atoms with Crippen LogP contribution >= 0.6 is 0 Å². The van der Waals surface area contributed by atoms with Gasteiger partial charge in [-0.25, -0.2) is 0 Å². The molecule has 0 nitrogen and oxygen atoms in total. The third-order valence-corrected chi connectivity index (χ3v) is 4.00. The lowest BCUT2D eigenvalue weighted by Gasteiger charge is -2.33. The Balaban J connectivity index is 2.63. The molecule has 0 heterocycles. The first kappa shape index (κ1) is 9.09. The van der Waals surface area contributed by atoms with Crippen LogP contribution < -0.4 is 0 Å². The average molecular weight is 154 g/mol. The first-order valence-electron chi connectivity index (χ1n) is 4.78. The summed E-state index contributed by atoms with van der Waals surface area (Å²) in [5.41, 5.74) is 1.14. The van der Waals surface area contributed by atoms with Crippen LogP contribution in [0.3, 0.4) is 0 Å². The summed E-state index contributed by atoms with van der Waals surface area (Å²) >= 11 is 0. The second-order valence-electron chi connectivity index (χ2n) is 5.70. The fraction of sp³-hybridized carbons (Fsp3) is 1.00. The molecule has 0 aromatic carbocycles. The van der Waals surface area contributed by atoms with Crippen LogP contribution in [0.25, 0.3) is 0 Å². The van der Waals surface area contributed by atoms with E-state index in [0.717, 1.165) is 11.8 Å². The van der Waals surface area contributed by atoms with E-state index in [9.17, 15) is 0 Å². The van der Waals surface area contributed by atoms with Gasteiger partial charge >= 0.3 is 0 Å². The van der Waals surface area contributed by atoms with E-state index in [1.165, 1.54) is 6.42 Å². The molecule has 0 aromatic heterocycles. The van der Waals surface area contributed by atoms with Crippen LogP contribution in [0.15, 0.2) is 0 Å². The van der Waals surface area contributed by atoms with Crippen molar-refractivity contribution in [2.75, 3.05) is 0 Å². The van der Waals surface area contributed by atoms with Gasteiger partial charge in [-0.05, 0) is 29.1 Å². The smallest absolute Gasteiger partial charge is 0.0267 e. The molecule has 1 rings (SSSR count). The van der Waals surface area contributed by atoms with Crippen molar-refractivity contribution in [3.8, 4) is 0 Å². The minimum absolute atomic E-state index is 0.486. The molecule has 11 heavy (non-hydrogen) atoms. The average Bonchev–Trinajstić information content (AvgIpc) is 2.38. The molecule has 0 bridgehead atoms. The van der Waals surface area contributed by atoms with Crippen LogP contribution in [0, 0.1) is 22.7 Å². The summed E-state index contributed by atoms with van der Waals surface area (Å²) in [7, 11) is 0. The predicted molar refractivity (Wildman–Crippen MR) is 50.5 cm³/mol. The second kappa shape index (κ2) is 2.24.